The number of non-ortho nitro benzene ring substituents is 1. The molecule has 0 bridgehead atoms. The normalized spacial score (nSPS) is 19.5. The van der Waals surface area contributed by atoms with Crippen molar-refractivity contribution in [1.29, 1.82) is 0 Å². The summed E-state index contributed by atoms with van der Waals surface area (Å²) < 4.78 is 5.89. The molecule has 3 rings (SSSR count). The molecule has 0 spiro atoms. The van der Waals surface area contributed by atoms with Crippen LogP contribution >= 0.6 is 12.4 Å². The highest BCUT2D eigenvalue weighted by molar-refractivity contribution is 5.89. The predicted octanol–water partition coefficient (Wildman–Crippen LogP) is 4.22. The van der Waals surface area contributed by atoms with E-state index in [1.165, 1.54) is 56.4 Å². The number of nitrogens with zero attached hydrogens (tertiary/aromatic N) is 2. The number of rotatable bonds is 6. The van der Waals surface area contributed by atoms with Crippen LogP contribution in [-0.4, -0.2) is 41.5 Å². The Labute approximate surface area is 160 Å². The lowest BCUT2D eigenvalue weighted by molar-refractivity contribution is -0.384. The number of likely N-dealkylation sites (tertiary alicyclic amines) is 1. The van der Waals surface area contributed by atoms with Crippen LogP contribution < -0.4 is 0 Å². The number of hydrogen-bond acceptors (Lipinski definition) is 5. The molecule has 0 aromatic heterocycles. The summed E-state index contributed by atoms with van der Waals surface area (Å²) in [7, 11) is 0. The molecule has 1 unspecified atom stereocenters. The number of nitro groups is 1. The van der Waals surface area contributed by atoms with Crippen LogP contribution in [0.2, 0.25) is 0 Å². The van der Waals surface area contributed by atoms with E-state index in [2.05, 4.69) is 4.90 Å². The molecule has 0 N–H and O–H groups in total. The van der Waals surface area contributed by atoms with Crippen LogP contribution in [0.25, 0.3) is 0 Å². The largest absolute Gasteiger partial charge is 0.457 e. The fraction of sp³-hybridized carbons (Fsp3) is 0.632. The number of nitro benzene ring substituents is 1. The SMILES string of the molecule is Cl.O=C(OC(CN1CCCC1)C1CCCCC1)c1ccc([N+](=O)[O-])cc1. The van der Waals surface area contributed by atoms with Gasteiger partial charge < -0.3 is 4.74 Å². The van der Waals surface area contributed by atoms with Gasteiger partial charge in [-0.15, -0.1) is 12.4 Å². The lowest BCUT2D eigenvalue weighted by atomic mass is 9.85. The van der Waals surface area contributed by atoms with Crippen LogP contribution in [0.5, 0.6) is 0 Å². The van der Waals surface area contributed by atoms with E-state index in [0.29, 0.717) is 11.5 Å². The summed E-state index contributed by atoms with van der Waals surface area (Å²) in [6.07, 6.45) is 8.26. The van der Waals surface area contributed by atoms with Crippen molar-refractivity contribution in [3.8, 4) is 0 Å². The van der Waals surface area contributed by atoms with Gasteiger partial charge in [-0.3, -0.25) is 15.0 Å². The molecule has 1 atom stereocenters. The minimum absolute atomic E-state index is 0. The van der Waals surface area contributed by atoms with Crippen LogP contribution in [0.3, 0.4) is 0 Å². The zero-order chi connectivity index (χ0) is 17.6. The average Bonchev–Trinajstić information content (AvgIpc) is 3.15. The molecule has 2 fully saturated rings. The van der Waals surface area contributed by atoms with Crippen LogP contribution in [0, 0.1) is 16.0 Å². The topological polar surface area (TPSA) is 72.7 Å². The van der Waals surface area contributed by atoms with E-state index in [4.69, 9.17) is 4.74 Å². The molecule has 1 aliphatic heterocycles. The van der Waals surface area contributed by atoms with E-state index in [-0.39, 0.29) is 30.2 Å². The van der Waals surface area contributed by atoms with E-state index in [1.807, 2.05) is 0 Å². The first-order chi connectivity index (χ1) is 12.1. The van der Waals surface area contributed by atoms with Gasteiger partial charge >= 0.3 is 5.97 Å². The Morgan fingerprint density at radius 2 is 1.73 bits per heavy atom. The van der Waals surface area contributed by atoms with Crippen molar-refractivity contribution in [2.24, 2.45) is 5.92 Å². The summed E-state index contributed by atoms with van der Waals surface area (Å²) >= 11 is 0. The molecule has 2 aliphatic rings. The van der Waals surface area contributed by atoms with Gasteiger partial charge in [0.05, 0.1) is 10.5 Å². The second kappa shape index (κ2) is 9.88. The van der Waals surface area contributed by atoms with Crippen molar-refractivity contribution in [1.82, 2.24) is 4.90 Å². The van der Waals surface area contributed by atoms with E-state index in [0.717, 1.165) is 32.5 Å². The summed E-state index contributed by atoms with van der Waals surface area (Å²) in [5.74, 6) is 0.0565. The van der Waals surface area contributed by atoms with Crippen molar-refractivity contribution in [2.75, 3.05) is 19.6 Å². The van der Waals surface area contributed by atoms with Gasteiger partial charge in [0, 0.05) is 18.7 Å². The molecule has 1 heterocycles. The van der Waals surface area contributed by atoms with Crippen LogP contribution in [0.4, 0.5) is 5.69 Å². The quantitative estimate of drug-likeness (QED) is 0.418. The van der Waals surface area contributed by atoms with E-state index in [9.17, 15) is 14.9 Å². The summed E-state index contributed by atoms with van der Waals surface area (Å²) in [4.78, 5) is 25.2. The summed E-state index contributed by atoms with van der Waals surface area (Å²) in [6, 6.07) is 5.67. The molecule has 0 amide bonds. The first kappa shape index (κ1) is 20.6. The van der Waals surface area contributed by atoms with Crippen molar-refractivity contribution in [2.45, 2.75) is 51.0 Å². The van der Waals surface area contributed by atoms with Crippen molar-refractivity contribution in [3.63, 3.8) is 0 Å². The lowest BCUT2D eigenvalue weighted by Crippen LogP contribution is -2.39. The fourth-order valence-electron chi connectivity index (χ4n) is 3.93. The van der Waals surface area contributed by atoms with Gasteiger partial charge in [-0.25, -0.2) is 4.79 Å². The van der Waals surface area contributed by atoms with Crippen molar-refractivity contribution < 1.29 is 14.5 Å². The zero-order valence-corrected chi connectivity index (χ0v) is 15.8. The molecule has 6 nitrogen and oxygen atoms in total. The Morgan fingerprint density at radius 1 is 1.12 bits per heavy atom. The molecule has 144 valence electrons. The van der Waals surface area contributed by atoms with Crippen LogP contribution in [-0.2, 0) is 4.74 Å². The molecule has 1 aliphatic carbocycles. The number of ether oxygens (including phenoxy) is 1. The van der Waals surface area contributed by atoms with Crippen LogP contribution in [0.1, 0.15) is 55.3 Å². The highest BCUT2D eigenvalue weighted by atomic mass is 35.5. The summed E-state index contributed by atoms with van der Waals surface area (Å²) in [5, 5.41) is 10.7. The molecule has 7 heteroatoms. The smallest absolute Gasteiger partial charge is 0.338 e. The van der Waals surface area contributed by atoms with Gasteiger partial charge in [0.15, 0.2) is 0 Å². The second-order valence-electron chi connectivity index (χ2n) is 7.15. The highest BCUT2D eigenvalue weighted by Crippen LogP contribution is 2.29. The Balaban J connectivity index is 0.00000243. The Bertz CT molecular complexity index is 596. The van der Waals surface area contributed by atoms with E-state index >= 15 is 0 Å². The summed E-state index contributed by atoms with van der Waals surface area (Å²) in [5.41, 5.74) is 0.366. The van der Waals surface area contributed by atoms with E-state index in [1.54, 1.807) is 0 Å². The van der Waals surface area contributed by atoms with Gasteiger partial charge in [0.25, 0.3) is 5.69 Å². The fourth-order valence-corrected chi connectivity index (χ4v) is 3.93. The maximum atomic E-state index is 12.5. The first-order valence-electron chi connectivity index (χ1n) is 9.31. The molecule has 1 aromatic rings. The van der Waals surface area contributed by atoms with Crippen molar-refractivity contribution >= 4 is 24.1 Å². The third-order valence-electron chi connectivity index (χ3n) is 5.38. The molecule has 1 saturated carbocycles. The van der Waals surface area contributed by atoms with Gasteiger partial charge in [-0.1, -0.05) is 19.3 Å². The Hall–Kier alpha value is -1.66. The molecular weight excluding hydrogens is 356 g/mol. The van der Waals surface area contributed by atoms with E-state index < -0.39 is 4.92 Å². The third kappa shape index (κ3) is 5.42. The zero-order valence-electron chi connectivity index (χ0n) is 15.0. The monoisotopic (exact) mass is 382 g/mol. The maximum Gasteiger partial charge on any atom is 0.338 e. The number of carbonyl (C=O) groups excluding carboxylic acids is 1. The molecular formula is C19H27ClN2O4. The Kier molecular flexibility index (Phi) is 7.85. The summed E-state index contributed by atoms with van der Waals surface area (Å²) in [6.45, 7) is 2.97. The number of benzene rings is 1. The highest BCUT2D eigenvalue weighted by Gasteiger charge is 2.30. The number of hydrogen-bond donors (Lipinski definition) is 0. The standard InChI is InChI=1S/C19H26N2O4.ClH/c22-19(16-8-10-17(11-9-16)21(23)24)25-18(14-20-12-4-5-13-20)15-6-2-1-3-7-15;/h8-11,15,18H,1-7,12-14H2;1H. The molecule has 1 aromatic carbocycles. The minimum Gasteiger partial charge on any atom is -0.457 e. The Morgan fingerprint density at radius 3 is 2.31 bits per heavy atom. The lowest BCUT2D eigenvalue weighted by Gasteiger charge is -2.32. The molecule has 0 radical (unpaired) electrons. The van der Waals surface area contributed by atoms with Gasteiger partial charge in [0.2, 0.25) is 0 Å². The number of carbonyl (C=O) groups is 1. The van der Waals surface area contributed by atoms with Gasteiger partial charge in [-0.05, 0) is 56.8 Å². The maximum absolute atomic E-state index is 12.5. The molecule has 26 heavy (non-hydrogen) atoms. The molecule has 1 saturated heterocycles. The third-order valence-corrected chi connectivity index (χ3v) is 5.38. The minimum atomic E-state index is -0.465. The average molecular weight is 383 g/mol. The second-order valence-corrected chi connectivity index (χ2v) is 7.15. The van der Waals surface area contributed by atoms with Crippen molar-refractivity contribution in [3.05, 3.63) is 39.9 Å². The number of esters is 1. The first-order valence-corrected chi connectivity index (χ1v) is 9.31. The van der Waals surface area contributed by atoms with Gasteiger partial charge in [-0.2, -0.15) is 0 Å². The number of halogens is 1. The van der Waals surface area contributed by atoms with Gasteiger partial charge in [0.1, 0.15) is 6.10 Å². The van der Waals surface area contributed by atoms with Crippen LogP contribution in [0.15, 0.2) is 24.3 Å². The predicted molar refractivity (Wildman–Crippen MR) is 102 cm³/mol.